The van der Waals surface area contributed by atoms with Gasteiger partial charge in [-0.15, -0.1) is 0 Å². The maximum Gasteiger partial charge on any atom is 0.242 e. The minimum atomic E-state index is 0.355. The topological polar surface area (TPSA) is 46.5 Å². The Hall–Kier alpha value is -0.470. The number of H-pyrrole nitrogens is 1. The van der Waals surface area contributed by atoms with Crippen molar-refractivity contribution in [3.05, 3.63) is 31.6 Å². The molecule has 1 aromatic heterocycles. The van der Waals surface area contributed by atoms with E-state index in [1.165, 1.54) is 0 Å². The van der Waals surface area contributed by atoms with Crippen molar-refractivity contribution in [1.29, 1.82) is 0 Å². The molecule has 4 nitrogen and oxygen atoms in total. The predicted octanol–water partition coefficient (Wildman–Crippen LogP) is 2.58. The maximum atomic E-state index is 6.05. The van der Waals surface area contributed by atoms with Gasteiger partial charge in [-0.25, -0.2) is 4.68 Å². The Bertz CT molecular complexity index is 520. The number of nitrogens with one attached hydrogen (secondary N) is 1. The number of nitrogens with zero attached hydrogens (tertiary/aromatic N) is 3. The van der Waals surface area contributed by atoms with Gasteiger partial charge < -0.3 is 0 Å². The Morgan fingerprint density at radius 1 is 1.50 bits per heavy atom. The fraction of sp³-hybridized carbons (Fsp3) is 0. The molecule has 1 aromatic carbocycles. The van der Waals surface area contributed by atoms with Crippen LogP contribution in [0.25, 0.3) is 5.69 Å². The van der Waals surface area contributed by atoms with E-state index >= 15 is 0 Å². The zero-order chi connectivity index (χ0) is 10.1. The largest absolute Gasteiger partial charge is 0.242 e. The van der Waals surface area contributed by atoms with E-state index in [-0.39, 0.29) is 0 Å². The van der Waals surface area contributed by atoms with Gasteiger partial charge in [-0.1, -0.05) is 21.9 Å². The van der Waals surface area contributed by atoms with Gasteiger partial charge in [-0.05, 0) is 53.0 Å². The first kappa shape index (κ1) is 10.1. The van der Waals surface area contributed by atoms with Crippen LogP contribution >= 0.6 is 46.4 Å². The third-order valence-electron chi connectivity index (χ3n) is 1.62. The van der Waals surface area contributed by atoms with Crippen molar-refractivity contribution < 1.29 is 0 Å². The molecule has 1 N–H and O–H groups in total. The summed E-state index contributed by atoms with van der Waals surface area (Å²) < 4.78 is 2.97. The molecule has 7 heteroatoms. The lowest BCUT2D eigenvalue weighted by Gasteiger charge is -2.03. The maximum absolute atomic E-state index is 6.05. The monoisotopic (exact) mass is 338 g/mol. The van der Waals surface area contributed by atoms with Crippen LogP contribution in [0.2, 0.25) is 5.02 Å². The normalized spacial score (nSPS) is 10.4. The predicted molar refractivity (Wildman–Crippen MR) is 64.3 cm³/mol. The van der Waals surface area contributed by atoms with Crippen LogP contribution in [0.4, 0.5) is 0 Å². The van der Waals surface area contributed by atoms with Gasteiger partial charge in [0, 0.05) is 3.57 Å². The second kappa shape index (κ2) is 3.95. The number of aromatic amines is 1. The van der Waals surface area contributed by atoms with Crippen LogP contribution in [0, 0.1) is 8.34 Å². The van der Waals surface area contributed by atoms with Crippen LogP contribution in [0.15, 0.2) is 18.2 Å². The highest BCUT2D eigenvalue weighted by atomic mass is 127. The van der Waals surface area contributed by atoms with E-state index in [1.54, 1.807) is 4.68 Å². The molecular weight excluding hydrogens is 335 g/mol. The summed E-state index contributed by atoms with van der Waals surface area (Å²) in [5.74, 6) is 0. The lowest BCUT2D eigenvalue weighted by Crippen LogP contribution is -1.97. The van der Waals surface area contributed by atoms with E-state index in [2.05, 4.69) is 38.1 Å². The third kappa shape index (κ3) is 1.82. The van der Waals surface area contributed by atoms with E-state index in [4.69, 9.17) is 23.8 Å². The van der Waals surface area contributed by atoms with Crippen molar-refractivity contribution in [3.63, 3.8) is 0 Å². The SMILES string of the molecule is S=c1nn[nH]n1-c1ccc(I)cc1Cl. The molecule has 0 radical (unpaired) electrons. The number of halogens is 2. The summed E-state index contributed by atoms with van der Waals surface area (Å²) in [6.07, 6.45) is 0. The van der Waals surface area contributed by atoms with Crippen molar-refractivity contribution >= 4 is 46.4 Å². The highest BCUT2D eigenvalue weighted by molar-refractivity contribution is 14.1. The average Bonchev–Trinajstić information content (AvgIpc) is 2.52. The summed E-state index contributed by atoms with van der Waals surface area (Å²) in [7, 11) is 0. The molecule has 72 valence electrons. The highest BCUT2D eigenvalue weighted by Gasteiger charge is 2.04. The molecule has 0 saturated heterocycles. The minimum absolute atomic E-state index is 0.355. The summed E-state index contributed by atoms with van der Waals surface area (Å²) in [6.45, 7) is 0. The average molecular weight is 339 g/mol. The Kier molecular flexibility index (Phi) is 2.84. The zero-order valence-corrected chi connectivity index (χ0v) is 10.5. The number of rotatable bonds is 1. The molecule has 2 rings (SSSR count). The highest BCUT2D eigenvalue weighted by Crippen LogP contribution is 2.21. The van der Waals surface area contributed by atoms with Crippen molar-refractivity contribution in [1.82, 2.24) is 20.2 Å². The zero-order valence-electron chi connectivity index (χ0n) is 6.74. The van der Waals surface area contributed by atoms with Crippen LogP contribution in [-0.2, 0) is 0 Å². The Labute approximate surface area is 103 Å². The summed E-state index contributed by atoms with van der Waals surface area (Å²) in [6, 6.07) is 5.64. The number of hydrogen-bond acceptors (Lipinski definition) is 3. The summed E-state index contributed by atoms with van der Waals surface area (Å²) >= 11 is 13.2. The molecule has 0 saturated carbocycles. The van der Waals surface area contributed by atoms with E-state index in [0.29, 0.717) is 9.79 Å². The van der Waals surface area contributed by atoms with Crippen LogP contribution in [0.3, 0.4) is 0 Å². The van der Waals surface area contributed by atoms with E-state index in [1.807, 2.05) is 18.2 Å². The first-order valence-electron chi connectivity index (χ1n) is 3.64. The summed E-state index contributed by atoms with van der Waals surface area (Å²) in [5.41, 5.74) is 0.752. The van der Waals surface area contributed by atoms with Crippen LogP contribution in [0.1, 0.15) is 0 Å². The Morgan fingerprint density at radius 3 is 2.86 bits per heavy atom. The first-order valence-corrected chi connectivity index (χ1v) is 5.50. The van der Waals surface area contributed by atoms with Crippen molar-refractivity contribution in [2.24, 2.45) is 0 Å². The van der Waals surface area contributed by atoms with Gasteiger partial charge in [0.2, 0.25) is 4.77 Å². The van der Waals surface area contributed by atoms with Crippen LogP contribution < -0.4 is 0 Å². The molecule has 2 aromatic rings. The number of aromatic nitrogens is 4. The molecule has 14 heavy (non-hydrogen) atoms. The lowest BCUT2D eigenvalue weighted by molar-refractivity contribution is 0.786. The minimum Gasteiger partial charge on any atom is -0.208 e. The fourth-order valence-electron chi connectivity index (χ4n) is 1.02. The van der Waals surface area contributed by atoms with Gasteiger partial charge in [0.05, 0.1) is 10.7 Å². The number of benzene rings is 1. The Morgan fingerprint density at radius 2 is 2.29 bits per heavy atom. The van der Waals surface area contributed by atoms with Gasteiger partial charge in [-0.2, -0.15) is 5.21 Å². The quantitative estimate of drug-likeness (QED) is 0.642. The van der Waals surface area contributed by atoms with Crippen molar-refractivity contribution in [2.45, 2.75) is 0 Å². The van der Waals surface area contributed by atoms with Gasteiger partial charge in [0.15, 0.2) is 0 Å². The molecule has 0 atom stereocenters. The standard InChI is InChI=1S/C7H4ClIN4S/c8-5-3-4(9)1-2-6(5)13-7(14)10-11-12-13/h1-3H,(H,10,12,14). The first-order chi connectivity index (χ1) is 6.68. The second-order valence-corrected chi connectivity index (χ2v) is 4.53. The van der Waals surface area contributed by atoms with Crippen LogP contribution in [-0.4, -0.2) is 20.2 Å². The van der Waals surface area contributed by atoms with Gasteiger partial charge in [0.25, 0.3) is 0 Å². The van der Waals surface area contributed by atoms with Gasteiger partial charge in [0.1, 0.15) is 0 Å². The van der Waals surface area contributed by atoms with E-state index < -0.39 is 0 Å². The smallest absolute Gasteiger partial charge is 0.208 e. The van der Waals surface area contributed by atoms with E-state index in [9.17, 15) is 0 Å². The van der Waals surface area contributed by atoms with Crippen LogP contribution in [0.5, 0.6) is 0 Å². The van der Waals surface area contributed by atoms with E-state index in [0.717, 1.165) is 9.26 Å². The molecule has 0 aliphatic carbocycles. The van der Waals surface area contributed by atoms with Crippen molar-refractivity contribution in [3.8, 4) is 5.69 Å². The molecule has 0 unspecified atom stereocenters. The molecule has 0 aliphatic rings. The summed E-state index contributed by atoms with van der Waals surface area (Å²) in [5, 5.41) is 10.5. The van der Waals surface area contributed by atoms with Crippen molar-refractivity contribution in [2.75, 3.05) is 0 Å². The number of tetrazole rings is 1. The fourth-order valence-corrected chi connectivity index (χ4v) is 2.14. The Balaban J connectivity index is 2.63. The second-order valence-electron chi connectivity index (χ2n) is 2.51. The molecule has 0 amide bonds. The molecule has 0 fully saturated rings. The molecule has 0 bridgehead atoms. The summed E-state index contributed by atoms with van der Waals surface area (Å²) in [4.78, 5) is 0. The van der Waals surface area contributed by atoms with Gasteiger partial charge in [-0.3, -0.25) is 0 Å². The molecule has 0 aliphatic heterocycles. The van der Waals surface area contributed by atoms with Gasteiger partial charge >= 0.3 is 0 Å². The lowest BCUT2D eigenvalue weighted by atomic mass is 10.3. The molecular formula is C7H4ClIN4S. The molecule has 0 spiro atoms. The number of hydrogen-bond donors (Lipinski definition) is 1. The molecule has 1 heterocycles. The third-order valence-corrected chi connectivity index (χ3v) is 2.86.